The molecule has 0 saturated carbocycles. The summed E-state index contributed by atoms with van der Waals surface area (Å²) in [6, 6.07) is 10.0. The number of likely N-dealkylation sites (tertiary alicyclic amines) is 1. The molecule has 2 aromatic rings. The summed E-state index contributed by atoms with van der Waals surface area (Å²) in [6.07, 6.45) is 2.78. The highest BCUT2D eigenvalue weighted by atomic mass is 16.5. The fourth-order valence-electron chi connectivity index (χ4n) is 3.32. The van der Waals surface area contributed by atoms with Gasteiger partial charge in [-0.1, -0.05) is 42.4 Å². The Labute approximate surface area is 136 Å². The smallest absolute Gasteiger partial charge is 0.231 e. The van der Waals surface area contributed by atoms with Gasteiger partial charge in [-0.3, -0.25) is 4.79 Å². The maximum absolute atomic E-state index is 13.0. The van der Waals surface area contributed by atoms with Crippen molar-refractivity contribution in [2.75, 3.05) is 13.1 Å². The van der Waals surface area contributed by atoms with Crippen molar-refractivity contribution in [2.45, 2.75) is 44.9 Å². The Bertz CT molecular complexity index is 653. The number of carbonyl (C=O) groups is 1. The highest BCUT2D eigenvalue weighted by molar-refractivity contribution is 5.83. The largest absolute Gasteiger partial charge is 0.341 e. The van der Waals surface area contributed by atoms with E-state index < -0.39 is 0 Å². The minimum atomic E-state index is -0.0700. The molecule has 5 heteroatoms. The molecule has 2 atom stereocenters. The first-order valence-corrected chi connectivity index (χ1v) is 8.33. The molecule has 1 fully saturated rings. The van der Waals surface area contributed by atoms with Crippen molar-refractivity contribution in [1.29, 1.82) is 0 Å². The molecule has 1 aliphatic heterocycles. The van der Waals surface area contributed by atoms with E-state index in [4.69, 9.17) is 4.52 Å². The number of amides is 1. The van der Waals surface area contributed by atoms with Gasteiger partial charge in [0.15, 0.2) is 5.82 Å². The number of aromatic nitrogens is 2. The average molecular weight is 313 g/mol. The molecule has 3 rings (SSSR count). The molecule has 5 nitrogen and oxygen atoms in total. The zero-order valence-corrected chi connectivity index (χ0v) is 13.7. The first-order valence-electron chi connectivity index (χ1n) is 8.33. The van der Waals surface area contributed by atoms with Crippen LogP contribution in [0, 0.1) is 6.92 Å². The van der Waals surface area contributed by atoms with Gasteiger partial charge < -0.3 is 9.42 Å². The molecule has 0 N–H and O–H groups in total. The Morgan fingerprint density at radius 2 is 2.17 bits per heavy atom. The van der Waals surface area contributed by atoms with E-state index in [0.717, 1.165) is 31.4 Å². The van der Waals surface area contributed by atoms with Crippen molar-refractivity contribution in [3.05, 3.63) is 47.6 Å². The zero-order chi connectivity index (χ0) is 16.2. The van der Waals surface area contributed by atoms with E-state index in [-0.39, 0.29) is 17.7 Å². The molecule has 1 aliphatic rings. The normalized spacial score (nSPS) is 19.6. The third kappa shape index (κ3) is 3.44. The molecule has 0 radical (unpaired) electrons. The van der Waals surface area contributed by atoms with Gasteiger partial charge >= 0.3 is 0 Å². The van der Waals surface area contributed by atoms with Gasteiger partial charge in [0.25, 0.3) is 0 Å². The molecule has 2 unspecified atom stereocenters. The van der Waals surface area contributed by atoms with Crippen LogP contribution in [0.1, 0.15) is 55.3 Å². The van der Waals surface area contributed by atoms with Gasteiger partial charge in [0.1, 0.15) is 0 Å². The van der Waals surface area contributed by atoms with E-state index >= 15 is 0 Å². The summed E-state index contributed by atoms with van der Waals surface area (Å²) in [5.41, 5.74) is 1.09. The molecule has 23 heavy (non-hydrogen) atoms. The van der Waals surface area contributed by atoms with Crippen LogP contribution in [0.2, 0.25) is 0 Å². The van der Waals surface area contributed by atoms with Crippen LogP contribution in [0.4, 0.5) is 0 Å². The summed E-state index contributed by atoms with van der Waals surface area (Å²) in [5.74, 6) is 1.60. The highest BCUT2D eigenvalue weighted by Crippen LogP contribution is 2.29. The van der Waals surface area contributed by atoms with Crippen LogP contribution in [0.15, 0.2) is 34.9 Å². The topological polar surface area (TPSA) is 59.2 Å². The van der Waals surface area contributed by atoms with Gasteiger partial charge in [0.2, 0.25) is 11.8 Å². The first kappa shape index (κ1) is 15.7. The van der Waals surface area contributed by atoms with Gasteiger partial charge in [0, 0.05) is 13.1 Å². The van der Waals surface area contributed by atoms with Crippen molar-refractivity contribution in [3.8, 4) is 0 Å². The molecular weight excluding hydrogens is 290 g/mol. The number of aryl methyl sites for hydroxylation is 1. The van der Waals surface area contributed by atoms with Gasteiger partial charge in [-0.15, -0.1) is 0 Å². The number of hydrogen-bond acceptors (Lipinski definition) is 4. The predicted octanol–water partition coefficient (Wildman–Crippen LogP) is 3.28. The quantitative estimate of drug-likeness (QED) is 0.869. The molecule has 0 bridgehead atoms. The summed E-state index contributed by atoms with van der Waals surface area (Å²) >= 11 is 0. The molecule has 1 saturated heterocycles. The lowest BCUT2D eigenvalue weighted by atomic mass is 9.92. The maximum atomic E-state index is 13.0. The summed E-state index contributed by atoms with van der Waals surface area (Å²) in [5, 5.41) is 3.87. The Morgan fingerprint density at radius 3 is 2.83 bits per heavy atom. The molecule has 2 heterocycles. The number of rotatable bonds is 4. The van der Waals surface area contributed by atoms with E-state index in [1.165, 1.54) is 0 Å². The van der Waals surface area contributed by atoms with E-state index in [1.807, 2.05) is 42.2 Å². The lowest BCUT2D eigenvalue weighted by Gasteiger charge is -2.33. The van der Waals surface area contributed by atoms with Gasteiger partial charge in [-0.2, -0.15) is 4.98 Å². The third-order valence-corrected chi connectivity index (χ3v) is 4.53. The number of piperidine rings is 1. The first-order chi connectivity index (χ1) is 11.2. The van der Waals surface area contributed by atoms with Crippen LogP contribution in [0.5, 0.6) is 0 Å². The molecule has 0 spiro atoms. The molecular formula is C18H23N3O2. The maximum Gasteiger partial charge on any atom is 0.231 e. The number of nitrogens with zero attached hydrogens (tertiary/aromatic N) is 3. The fourth-order valence-corrected chi connectivity index (χ4v) is 3.32. The van der Waals surface area contributed by atoms with Crippen LogP contribution in [-0.4, -0.2) is 34.0 Å². The number of carbonyl (C=O) groups excluding carboxylic acids is 1. The van der Waals surface area contributed by atoms with E-state index in [1.54, 1.807) is 0 Å². The van der Waals surface area contributed by atoms with E-state index in [2.05, 4.69) is 17.1 Å². The average Bonchev–Trinajstić information content (AvgIpc) is 3.03. The van der Waals surface area contributed by atoms with Gasteiger partial charge in [-0.05, 0) is 31.7 Å². The van der Waals surface area contributed by atoms with Crippen molar-refractivity contribution < 1.29 is 9.32 Å². The summed E-state index contributed by atoms with van der Waals surface area (Å²) in [4.78, 5) is 19.3. The highest BCUT2D eigenvalue weighted by Gasteiger charge is 2.31. The fraction of sp³-hybridized carbons (Fsp3) is 0.500. The minimum Gasteiger partial charge on any atom is -0.341 e. The molecule has 122 valence electrons. The minimum absolute atomic E-state index is 0.0700. The molecule has 1 aromatic carbocycles. The van der Waals surface area contributed by atoms with Crippen molar-refractivity contribution in [3.63, 3.8) is 0 Å². The van der Waals surface area contributed by atoms with Crippen molar-refractivity contribution in [1.82, 2.24) is 15.0 Å². The van der Waals surface area contributed by atoms with Crippen molar-refractivity contribution >= 4 is 5.91 Å². The number of hydrogen-bond donors (Lipinski definition) is 0. The Balaban J connectivity index is 1.73. The lowest BCUT2D eigenvalue weighted by Crippen LogP contribution is -2.41. The van der Waals surface area contributed by atoms with Gasteiger partial charge in [-0.25, -0.2) is 0 Å². The van der Waals surface area contributed by atoms with Crippen molar-refractivity contribution in [2.24, 2.45) is 0 Å². The van der Waals surface area contributed by atoms with Crippen LogP contribution in [0.25, 0.3) is 0 Å². The zero-order valence-electron chi connectivity index (χ0n) is 13.7. The van der Waals surface area contributed by atoms with Crippen LogP contribution >= 0.6 is 0 Å². The van der Waals surface area contributed by atoms with Crippen LogP contribution in [0.3, 0.4) is 0 Å². The van der Waals surface area contributed by atoms with Crippen LogP contribution in [-0.2, 0) is 4.79 Å². The molecule has 1 aromatic heterocycles. The monoisotopic (exact) mass is 313 g/mol. The second-order valence-corrected chi connectivity index (χ2v) is 6.17. The SMILES string of the molecule is CCC(C(=O)N1CCCC(c2nc(C)no2)C1)c1ccccc1. The second-order valence-electron chi connectivity index (χ2n) is 6.17. The summed E-state index contributed by atoms with van der Waals surface area (Å²) in [6.45, 7) is 5.37. The van der Waals surface area contributed by atoms with E-state index in [0.29, 0.717) is 18.3 Å². The Morgan fingerprint density at radius 1 is 1.39 bits per heavy atom. The molecule has 0 aliphatic carbocycles. The number of benzene rings is 1. The van der Waals surface area contributed by atoms with E-state index in [9.17, 15) is 4.79 Å². The van der Waals surface area contributed by atoms with Crippen LogP contribution < -0.4 is 0 Å². The third-order valence-electron chi connectivity index (χ3n) is 4.53. The standard InChI is InChI=1S/C18H23N3O2/c1-3-16(14-8-5-4-6-9-14)18(22)21-11-7-10-15(12-21)17-19-13(2)20-23-17/h4-6,8-9,15-16H,3,7,10-12H2,1-2H3. The summed E-state index contributed by atoms with van der Waals surface area (Å²) in [7, 11) is 0. The Hall–Kier alpha value is -2.17. The van der Waals surface area contributed by atoms with Gasteiger partial charge in [0.05, 0.1) is 11.8 Å². The molecule has 1 amide bonds. The second kappa shape index (κ2) is 6.94. The lowest BCUT2D eigenvalue weighted by molar-refractivity contribution is -0.134. The summed E-state index contributed by atoms with van der Waals surface area (Å²) < 4.78 is 5.30. The Kier molecular flexibility index (Phi) is 4.74. The predicted molar refractivity (Wildman–Crippen MR) is 87.1 cm³/mol.